The van der Waals surface area contributed by atoms with Crippen LogP contribution in [-0.2, 0) is 0 Å². The molecular formula is C12H17N3S. The molecule has 0 aromatic carbocycles. The summed E-state index contributed by atoms with van der Waals surface area (Å²) < 4.78 is 0. The second-order valence-corrected chi connectivity index (χ2v) is 4.47. The third kappa shape index (κ3) is 3.84. The van der Waals surface area contributed by atoms with Gasteiger partial charge in [-0.15, -0.1) is 11.8 Å². The molecule has 1 rings (SSSR count). The van der Waals surface area contributed by atoms with Crippen LogP contribution < -0.4 is 0 Å². The number of hydrogen-bond acceptors (Lipinski definition) is 4. The van der Waals surface area contributed by atoms with Crippen LogP contribution >= 0.6 is 11.8 Å². The Bertz CT molecular complexity index is 356. The second-order valence-electron chi connectivity index (χ2n) is 3.34. The molecule has 0 aliphatic heterocycles. The number of nitriles is 1. The Labute approximate surface area is 101 Å². The molecule has 86 valence electrons. The molecule has 16 heavy (non-hydrogen) atoms. The topological polar surface area (TPSA) is 39.9 Å². The normalized spacial score (nSPS) is 10.4. The second kappa shape index (κ2) is 7.26. The maximum absolute atomic E-state index is 8.88. The van der Waals surface area contributed by atoms with Crippen LogP contribution in [0.2, 0.25) is 0 Å². The van der Waals surface area contributed by atoms with Gasteiger partial charge in [0.15, 0.2) is 5.69 Å². The van der Waals surface area contributed by atoms with Crippen molar-refractivity contribution in [3.05, 3.63) is 24.0 Å². The lowest BCUT2D eigenvalue weighted by Gasteiger charge is -2.17. The Balaban J connectivity index is 2.46. The number of rotatable bonds is 6. The fourth-order valence-electron chi connectivity index (χ4n) is 1.42. The summed E-state index contributed by atoms with van der Waals surface area (Å²) in [6, 6.07) is 5.95. The molecule has 1 aromatic rings. The number of thioether (sulfide) groups is 1. The van der Waals surface area contributed by atoms with Gasteiger partial charge in [-0.05, 0) is 25.2 Å². The highest BCUT2D eigenvalue weighted by molar-refractivity contribution is 7.99. The summed E-state index contributed by atoms with van der Waals surface area (Å²) >= 11 is 1.70. The van der Waals surface area contributed by atoms with Crippen molar-refractivity contribution < 1.29 is 0 Å². The summed E-state index contributed by atoms with van der Waals surface area (Å²) in [5.41, 5.74) is 0.534. The van der Waals surface area contributed by atoms with E-state index in [2.05, 4.69) is 29.8 Å². The molecular weight excluding hydrogens is 218 g/mol. The molecule has 0 atom stereocenters. The molecule has 0 amide bonds. The van der Waals surface area contributed by atoms with E-state index in [0.717, 1.165) is 30.3 Å². The fourth-order valence-corrected chi connectivity index (χ4v) is 2.39. The summed E-state index contributed by atoms with van der Waals surface area (Å²) in [6.07, 6.45) is 1.66. The van der Waals surface area contributed by atoms with E-state index >= 15 is 0 Å². The van der Waals surface area contributed by atoms with Crippen LogP contribution in [0.25, 0.3) is 0 Å². The lowest BCUT2D eigenvalue weighted by molar-refractivity contribution is 0.324. The standard InChI is InChI=1S/C12H17N3S/c1-3-15(4-2)8-9-16-12-6-5-7-14-11(12)10-13/h5-7H,3-4,8-9H2,1-2H3. The van der Waals surface area contributed by atoms with Gasteiger partial charge >= 0.3 is 0 Å². The summed E-state index contributed by atoms with van der Waals surface area (Å²) in [6.45, 7) is 7.54. The first-order chi connectivity index (χ1) is 7.81. The Morgan fingerprint density at radius 1 is 1.44 bits per heavy atom. The minimum Gasteiger partial charge on any atom is -0.303 e. The summed E-state index contributed by atoms with van der Waals surface area (Å²) in [4.78, 5) is 7.39. The maximum Gasteiger partial charge on any atom is 0.153 e. The van der Waals surface area contributed by atoms with E-state index in [-0.39, 0.29) is 0 Å². The van der Waals surface area contributed by atoms with Gasteiger partial charge in [0.1, 0.15) is 6.07 Å². The number of nitrogens with zero attached hydrogens (tertiary/aromatic N) is 3. The predicted molar refractivity (Wildman–Crippen MR) is 67.5 cm³/mol. The van der Waals surface area contributed by atoms with E-state index in [4.69, 9.17) is 5.26 Å². The van der Waals surface area contributed by atoms with Gasteiger partial charge in [-0.1, -0.05) is 13.8 Å². The summed E-state index contributed by atoms with van der Waals surface area (Å²) in [5.74, 6) is 1.00. The van der Waals surface area contributed by atoms with E-state index in [1.165, 1.54) is 0 Å². The Hall–Kier alpha value is -1.05. The van der Waals surface area contributed by atoms with Crippen molar-refractivity contribution in [3.63, 3.8) is 0 Å². The van der Waals surface area contributed by atoms with Crippen LogP contribution in [-0.4, -0.2) is 35.3 Å². The van der Waals surface area contributed by atoms with Crippen LogP contribution in [0.4, 0.5) is 0 Å². The van der Waals surface area contributed by atoms with Crippen molar-refractivity contribution in [2.24, 2.45) is 0 Å². The van der Waals surface area contributed by atoms with Crippen molar-refractivity contribution in [2.45, 2.75) is 18.7 Å². The summed E-state index contributed by atoms with van der Waals surface area (Å²) in [5, 5.41) is 8.88. The lowest BCUT2D eigenvalue weighted by Crippen LogP contribution is -2.25. The molecule has 0 spiro atoms. The van der Waals surface area contributed by atoms with Gasteiger partial charge in [-0.25, -0.2) is 4.98 Å². The lowest BCUT2D eigenvalue weighted by atomic mass is 10.4. The number of hydrogen-bond donors (Lipinski definition) is 0. The third-order valence-corrected chi connectivity index (χ3v) is 3.46. The zero-order valence-corrected chi connectivity index (χ0v) is 10.6. The highest BCUT2D eigenvalue weighted by atomic mass is 32.2. The molecule has 0 N–H and O–H groups in total. The van der Waals surface area contributed by atoms with E-state index in [1.54, 1.807) is 18.0 Å². The van der Waals surface area contributed by atoms with Crippen LogP contribution in [0.1, 0.15) is 19.5 Å². The highest BCUT2D eigenvalue weighted by Crippen LogP contribution is 2.20. The maximum atomic E-state index is 8.88. The van der Waals surface area contributed by atoms with E-state index in [0.29, 0.717) is 5.69 Å². The Morgan fingerprint density at radius 3 is 2.81 bits per heavy atom. The van der Waals surface area contributed by atoms with Gasteiger partial charge in [0.05, 0.1) is 0 Å². The SMILES string of the molecule is CCN(CC)CCSc1cccnc1C#N. The van der Waals surface area contributed by atoms with Gasteiger partial charge in [0.2, 0.25) is 0 Å². The first-order valence-corrected chi connectivity index (χ1v) is 6.50. The predicted octanol–water partition coefficient (Wildman–Crippen LogP) is 2.39. The molecule has 0 saturated carbocycles. The highest BCUT2D eigenvalue weighted by Gasteiger charge is 2.04. The molecule has 3 nitrogen and oxygen atoms in total. The van der Waals surface area contributed by atoms with Crippen molar-refractivity contribution in [3.8, 4) is 6.07 Å². The molecule has 0 aliphatic carbocycles. The first kappa shape index (κ1) is 13.0. The third-order valence-electron chi connectivity index (χ3n) is 2.44. The van der Waals surface area contributed by atoms with Crippen molar-refractivity contribution in [2.75, 3.05) is 25.4 Å². The summed E-state index contributed by atoms with van der Waals surface area (Å²) in [7, 11) is 0. The van der Waals surface area contributed by atoms with E-state index in [9.17, 15) is 0 Å². The molecule has 4 heteroatoms. The van der Waals surface area contributed by atoms with Crippen molar-refractivity contribution in [1.82, 2.24) is 9.88 Å². The molecule has 1 heterocycles. The van der Waals surface area contributed by atoms with Crippen LogP contribution in [0.15, 0.2) is 23.2 Å². The van der Waals surface area contributed by atoms with Crippen LogP contribution in [0.3, 0.4) is 0 Å². The van der Waals surface area contributed by atoms with Crippen LogP contribution in [0, 0.1) is 11.3 Å². The minimum absolute atomic E-state index is 0.534. The molecule has 0 unspecified atom stereocenters. The molecule has 0 fully saturated rings. The Kier molecular flexibility index (Phi) is 5.91. The van der Waals surface area contributed by atoms with Gasteiger partial charge in [0.25, 0.3) is 0 Å². The monoisotopic (exact) mass is 235 g/mol. The number of pyridine rings is 1. The zero-order valence-electron chi connectivity index (χ0n) is 9.81. The molecule has 0 saturated heterocycles. The fraction of sp³-hybridized carbons (Fsp3) is 0.500. The van der Waals surface area contributed by atoms with E-state index < -0.39 is 0 Å². The van der Waals surface area contributed by atoms with E-state index in [1.807, 2.05) is 12.1 Å². The van der Waals surface area contributed by atoms with Crippen LogP contribution in [0.5, 0.6) is 0 Å². The Morgan fingerprint density at radius 2 is 2.19 bits per heavy atom. The van der Waals surface area contributed by atoms with Crippen molar-refractivity contribution in [1.29, 1.82) is 5.26 Å². The smallest absolute Gasteiger partial charge is 0.153 e. The zero-order chi connectivity index (χ0) is 11.8. The molecule has 1 aromatic heterocycles. The average Bonchev–Trinajstić information content (AvgIpc) is 2.35. The first-order valence-electron chi connectivity index (χ1n) is 5.52. The van der Waals surface area contributed by atoms with Crippen molar-refractivity contribution >= 4 is 11.8 Å². The van der Waals surface area contributed by atoms with Gasteiger partial charge < -0.3 is 4.90 Å². The van der Waals surface area contributed by atoms with Gasteiger partial charge in [0, 0.05) is 23.4 Å². The molecule has 0 aliphatic rings. The quantitative estimate of drug-likeness (QED) is 0.710. The molecule has 0 radical (unpaired) electrons. The molecule has 0 bridgehead atoms. The van der Waals surface area contributed by atoms with Gasteiger partial charge in [-0.3, -0.25) is 0 Å². The van der Waals surface area contributed by atoms with Gasteiger partial charge in [-0.2, -0.15) is 5.26 Å². The number of aromatic nitrogens is 1. The average molecular weight is 235 g/mol. The minimum atomic E-state index is 0.534. The largest absolute Gasteiger partial charge is 0.303 e.